The average molecular weight is 492 g/mol. The molecule has 0 amide bonds. The number of nitrogens with two attached hydrogens (primary N) is 1. The third kappa shape index (κ3) is 5.04. The number of nitrogens with zero attached hydrogens (tertiary/aromatic N) is 1. The fourth-order valence-electron chi connectivity index (χ4n) is 3.04. The number of benzene rings is 2. The summed E-state index contributed by atoms with van der Waals surface area (Å²) < 4.78 is 57.1. The number of nitrogens with one attached hydrogen (secondary N) is 1. The Morgan fingerprint density at radius 2 is 1.79 bits per heavy atom. The fraction of sp³-hybridized carbons (Fsp3) is 0.130. The van der Waals surface area contributed by atoms with E-state index >= 15 is 4.39 Å². The third-order valence-corrected chi connectivity index (χ3v) is 6.49. The number of anilines is 2. The number of ketones is 1. The van der Waals surface area contributed by atoms with Gasteiger partial charge in [0.25, 0.3) is 10.0 Å². The van der Waals surface area contributed by atoms with Crippen LogP contribution in [0, 0.1) is 11.6 Å². The molecule has 3 rings (SSSR count). The van der Waals surface area contributed by atoms with Crippen molar-refractivity contribution < 1.29 is 22.0 Å². The van der Waals surface area contributed by atoms with Crippen LogP contribution in [0.5, 0.6) is 0 Å². The van der Waals surface area contributed by atoms with E-state index in [4.69, 9.17) is 17.3 Å². The van der Waals surface area contributed by atoms with Crippen LogP contribution >= 0.6 is 11.6 Å². The van der Waals surface area contributed by atoms with Gasteiger partial charge in [0.1, 0.15) is 11.6 Å². The van der Waals surface area contributed by atoms with Crippen molar-refractivity contribution in [1.82, 2.24) is 4.98 Å². The van der Waals surface area contributed by atoms with Crippen LogP contribution in [0.4, 0.5) is 20.3 Å². The highest BCUT2D eigenvalue weighted by molar-refractivity contribution is 7.92. The van der Waals surface area contributed by atoms with Crippen molar-refractivity contribution in [3.63, 3.8) is 0 Å². The van der Waals surface area contributed by atoms with Crippen molar-refractivity contribution in [2.45, 2.75) is 24.7 Å². The van der Waals surface area contributed by atoms with Gasteiger partial charge in [-0.15, -0.1) is 0 Å². The molecule has 0 aliphatic heterocycles. The number of hydrogen-bond donors (Lipinski definition) is 2. The number of halogens is 3. The lowest BCUT2D eigenvalue weighted by Crippen LogP contribution is -2.17. The topological polar surface area (TPSA) is 102 Å². The smallest absolute Gasteiger partial charge is 0.261 e. The summed E-state index contributed by atoms with van der Waals surface area (Å²) in [5.41, 5.74) is 4.70. The highest BCUT2D eigenvalue weighted by Crippen LogP contribution is 2.30. The Labute approximate surface area is 195 Å². The SMILES string of the molecule is C=C(C(=O)c1c(F)ccc(NS(=O)(=O)c2ccc(C(C)C)cc2)c1F)c1cc(Cl)cnc1N. The number of carbonyl (C=O) groups is 1. The van der Waals surface area contributed by atoms with Crippen molar-refractivity contribution in [2.24, 2.45) is 0 Å². The van der Waals surface area contributed by atoms with Gasteiger partial charge in [0.2, 0.25) is 0 Å². The zero-order valence-corrected chi connectivity index (χ0v) is 19.3. The van der Waals surface area contributed by atoms with E-state index in [0.717, 1.165) is 17.7 Å². The van der Waals surface area contributed by atoms with Crippen molar-refractivity contribution in [2.75, 3.05) is 10.5 Å². The molecule has 1 heterocycles. The predicted octanol–water partition coefficient (Wildman–Crippen LogP) is 5.42. The summed E-state index contributed by atoms with van der Waals surface area (Å²) in [6.07, 6.45) is 1.24. The maximum absolute atomic E-state index is 15.2. The lowest BCUT2D eigenvalue weighted by atomic mass is 9.97. The van der Waals surface area contributed by atoms with Gasteiger partial charge in [0.15, 0.2) is 11.6 Å². The van der Waals surface area contributed by atoms with Gasteiger partial charge in [-0.3, -0.25) is 9.52 Å². The van der Waals surface area contributed by atoms with Crippen molar-refractivity contribution >= 4 is 44.5 Å². The molecule has 3 N–H and O–H groups in total. The minimum Gasteiger partial charge on any atom is -0.383 e. The van der Waals surface area contributed by atoms with Crippen LogP contribution < -0.4 is 10.5 Å². The number of pyridine rings is 1. The maximum Gasteiger partial charge on any atom is 0.261 e. The molecule has 3 aromatic rings. The lowest BCUT2D eigenvalue weighted by Gasteiger charge is -2.14. The molecule has 6 nitrogen and oxygen atoms in total. The van der Waals surface area contributed by atoms with Crippen LogP contribution in [-0.4, -0.2) is 19.2 Å². The monoisotopic (exact) mass is 491 g/mol. The molecule has 10 heteroatoms. The van der Waals surface area contributed by atoms with Gasteiger partial charge in [-0.1, -0.05) is 44.2 Å². The summed E-state index contributed by atoms with van der Waals surface area (Å²) in [4.78, 5) is 16.5. The molecule has 0 aliphatic carbocycles. The summed E-state index contributed by atoms with van der Waals surface area (Å²) in [6.45, 7) is 7.47. The second-order valence-electron chi connectivity index (χ2n) is 7.51. The fourth-order valence-corrected chi connectivity index (χ4v) is 4.26. The number of allylic oxidation sites excluding steroid dienone is 1. The number of Topliss-reactive ketones (excluding diaryl/α,β-unsaturated/α-hetero) is 1. The summed E-state index contributed by atoms with van der Waals surface area (Å²) in [6, 6.07) is 8.99. The third-order valence-electron chi connectivity index (χ3n) is 4.90. The molecule has 0 spiro atoms. The first-order valence-electron chi connectivity index (χ1n) is 9.68. The van der Waals surface area contributed by atoms with Crippen LogP contribution in [0.15, 0.2) is 60.1 Å². The first-order chi connectivity index (χ1) is 15.4. The Bertz CT molecular complexity index is 1360. The lowest BCUT2D eigenvalue weighted by molar-refractivity contribution is 0.104. The standard InChI is InChI=1S/C23H20ClF2N3O3S/c1-12(2)14-4-6-16(7-5-14)33(31,32)29-19-9-8-18(25)20(21(19)26)22(30)13(3)17-10-15(24)11-28-23(17)27/h4-12,29H,3H2,1-2H3,(H2,27,28). The Morgan fingerprint density at radius 3 is 2.39 bits per heavy atom. The number of carbonyl (C=O) groups excluding carboxylic acids is 1. The summed E-state index contributed by atoms with van der Waals surface area (Å²) in [5, 5.41) is 0.138. The molecule has 0 radical (unpaired) electrons. The molecule has 2 aromatic carbocycles. The largest absolute Gasteiger partial charge is 0.383 e. The molecule has 0 unspecified atom stereocenters. The number of sulfonamides is 1. The van der Waals surface area contributed by atoms with Crippen molar-refractivity contribution in [3.8, 4) is 0 Å². The Balaban J connectivity index is 1.97. The molecular formula is C23H20ClF2N3O3S. The molecule has 0 atom stereocenters. The number of rotatable bonds is 7. The van der Waals surface area contributed by atoms with Gasteiger partial charge in [-0.25, -0.2) is 22.2 Å². The minimum absolute atomic E-state index is 0.00234. The van der Waals surface area contributed by atoms with E-state index < -0.39 is 38.7 Å². The number of aromatic nitrogens is 1. The normalized spacial score (nSPS) is 11.5. The van der Waals surface area contributed by atoms with Crippen LogP contribution in [0.3, 0.4) is 0 Å². The van der Waals surface area contributed by atoms with Gasteiger partial charge < -0.3 is 5.73 Å². The molecule has 0 fully saturated rings. The van der Waals surface area contributed by atoms with E-state index in [2.05, 4.69) is 16.3 Å². The first-order valence-corrected chi connectivity index (χ1v) is 11.5. The highest BCUT2D eigenvalue weighted by atomic mass is 35.5. The number of nitrogen functional groups attached to an aromatic ring is 1. The Kier molecular flexibility index (Phi) is 6.85. The molecule has 0 saturated heterocycles. The van der Waals surface area contributed by atoms with E-state index in [1.165, 1.54) is 24.4 Å². The van der Waals surface area contributed by atoms with E-state index in [1.54, 1.807) is 12.1 Å². The van der Waals surface area contributed by atoms with Crippen LogP contribution in [0.1, 0.15) is 41.3 Å². The van der Waals surface area contributed by atoms with Crippen LogP contribution in [0.2, 0.25) is 5.02 Å². The molecule has 0 saturated carbocycles. The zero-order chi connectivity index (χ0) is 24.5. The molecule has 1 aromatic heterocycles. The predicted molar refractivity (Wildman–Crippen MR) is 125 cm³/mol. The van der Waals surface area contributed by atoms with Gasteiger partial charge in [-0.2, -0.15) is 0 Å². The molecule has 33 heavy (non-hydrogen) atoms. The summed E-state index contributed by atoms with van der Waals surface area (Å²) in [7, 11) is -4.21. The van der Waals surface area contributed by atoms with E-state index in [-0.39, 0.29) is 32.8 Å². The molecule has 0 aliphatic rings. The maximum atomic E-state index is 15.2. The van der Waals surface area contributed by atoms with E-state index in [9.17, 15) is 17.6 Å². The molecule has 172 valence electrons. The molecule has 0 bridgehead atoms. The zero-order valence-electron chi connectivity index (χ0n) is 17.7. The van der Waals surface area contributed by atoms with Crippen LogP contribution in [0.25, 0.3) is 5.57 Å². The average Bonchev–Trinajstić information content (AvgIpc) is 2.77. The van der Waals surface area contributed by atoms with Gasteiger partial charge in [0.05, 0.1) is 21.2 Å². The second-order valence-corrected chi connectivity index (χ2v) is 9.63. The van der Waals surface area contributed by atoms with Gasteiger partial charge in [0, 0.05) is 17.3 Å². The van der Waals surface area contributed by atoms with E-state index in [1.807, 2.05) is 13.8 Å². The van der Waals surface area contributed by atoms with Crippen molar-refractivity contribution in [3.05, 3.63) is 88.6 Å². The van der Waals surface area contributed by atoms with Crippen molar-refractivity contribution in [1.29, 1.82) is 0 Å². The Morgan fingerprint density at radius 1 is 1.15 bits per heavy atom. The minimum atomic E-state index is -4.21. The second kappa shape index (κ2) is 9.29. The number of hydrogen-bond acceptors (Lipinski definition) is 5. The summed E-state index contributed by atoms with van der Waals surface area (Å²) >= 11 is 5.86. The van der Waals surface area contributed by atoms with Gasteiger partial charge >= 0.3 is 0 Å². The quantitative estimate of drug-likeness (QED) is 0.339. The Hall–Kier alpha value is -3.30. The van der Waals surface area contributed by atoms with E-state index in [0.29, 0.717) is 0 Å². The summed E-state index contributed by atoms with van der Waals surface area (Å²) in [5.74, 6) is -3.65. The van der Waals surface area contributed by atoms with Gasteiger partial charge in [-0.05, 0) is 41.8 Å². The highest BCUT2D eigenvalue weighted by Gasteiger charge is 2.26. The van der Waals surface area contributed by atoms with Crippen LogP contribution in [-0.2, 0) is 10.0 Å². The molecular weight excluding hydrogens is 472 g/mol. The first kappa shape index (κ1) is 24.3.